The molecule has 2 unspecified atom stereocenters. The highest BCUT2D eigenvalue weighted by Crippen LogP contribution is 2.28. The zero-order valence-electron chi connectivity index (χ0n) is 14.5. The molecule has 0 bridgehead atoms. The van der Waals surface area contributed by atoms with Crippen molar-refractivity contribution in [1.29, 1.82) is 0 Å². The van der Waals surface area contributed by atoms with Crippen LogP contribution in [0, 0.1) is 0 Å². The fourth-order valence-electron chi connectivity index (χ4n) is 3.37. The lowest BCUT2D eigenvalue weighted by Crippen LogP contribution is -2.11. The van der Waals surface area contributed by atoms with E-state index in [1.54, 1.807) is 0 Å². The predicted octanol–water partition coefficient (Wildman–Crippen LogP) is 4.86. The quantitative estimate of drug-likeness (QED) is 0.594. The molecule has 0 N–H and O–H groups in total. The van der Waals surface area contributed by atoms with E-state index >= 15 is 0 Å². The van der Waals surface area contributed by atoms with E-state index in [0.717, 1.165) is 25.7 Å². The first-order chi connectivity index (χ1) is 11.8. The van der Waals surface area contributed by atoms with Gasteiger partial charge in [-0.2, -0.15) is 0 Å². The summed E-state index contributed by atoms with van der Waals surface area (Å²) in [5.41, 5.74) is 2.69. The fourth-order valence-corrected chi connectivity index (χ4v) is 3.37. The zero-order chi connectivity index (χ0) is 16.8. The van der Waals surface area contributed by atoms with Gasteiger partial charge in [0.2, 0.25) is 0 Å². The standard InChI is InChI=1S/C20H26N4/c1-3-5-19(23-13-11-21-15-23)17-7-9-18(10-8-17)20(6-4-2)24-14-12-22-16-24/h7-16,19-20H,3-6H2,1-2H3. The van der Waals surface area contributed by atoms with Crippen LogP contribution < -0.4 is 0 Å². The van der Waals surface area contributed by atoms with Gasteiger partial charge in [-0.15, -0.1) is 0 Å². The number of benzene rings is 1. The number of aromatic nitrogens is 4. The minimum Gasteiger partial charge on any atom is -0.330 e. The van der Waals surface area contributed by atoms with Crippen LogP contribution >= 0.6 is 0 Å². The monoisotopic (exact) mass is 322 g/mol. The molecule has 0 radical (unpaired) electrons. The summed E-state index contributed by atoms with van der Waals surface area (Å²) in [6.07, 6.45) is 16.2. The van der Waals surface area contributed by atoms with Gasteiger partial charge in [-0.3, -0.25) is 0 Å². The third-order valence-electron chi connectivity index (χ3n) is 4.60. The number of hydrogen-bond donors (Lipinski definition) is 0. The van der Waals surface area contributed by atoms with Gasteiger partial charge in [-0.1, -0.05) is 51.0 Å². The van der Waals surface area contributed by atoms with Gasteiger partial charge >= 0.3 is 0 Å². The molecule has 0 spiro atoms. The molecule has 2 aromatic heterocycles. The van der Waals surface area contributed by atoms with Crippen molar-refractivity contribution in [2.75, 3.05) is 0 Å². The molecule has 4 heteroatoms. The average molecular weight is 322 g/mol. The van der Waals surface area contributed by atoms with Crippen molar-refractivity contribution in [1.82, 2.24) is 19.1 Å². The van der Waals surface area contributed by atoms with Gasteiger partial charge in [0.05, 0.1) is 24.7 Å². The largest absolute Gasteiger partial charge is 0.330 e. The lowest BCUT2D eigenvalue weighted by Gasteiger charge is -2.21. The van der Waals surface area contributed by atoms with E-state index in [9.17, 15) is 0 Å². The van der Waals surface area contributed by atoms with E-state index in [1.807, 2.05) is 25.0 Å². The Morgan fingerprint density at radius 2 is 1.17 bits per heavy atom. The molecule has 0 saturated heterocycles. The molecule has 126 valence electrons. The minimum atomic E-state index is 0.365. The Labute approximate surface area is 144 Å². The molecular formula is C20H26N4. The third-order valence-corrected chi connectivity index (χ3v) is 4.60. The molecule has 1 aromatic carbocycles. The van der Waals surface area contributed by atoms with Crippen LogP contribution in [0.4, 0.5) is 0 Å². The second-order valence-electron chi connectivity index (χ2n) is 6.30. The maximum atomic E-state index is 4.21. The SMILES string of the molecule is CCCC(c1ccc(C(CCC)n2ccnc2)cc1)n1ccnc1. The highest BCUT2D eigenvalue weighted by molar-refractivity contribution is 5.28. The summed E-state index contributed by atoms with van der Waals surface area (Å²) in [5, 5.41) is 0. The maximum absolute atomic E-state index is 4.21. The van der Waals surface area contributed by atoms with Crippen molar-refractivity contribution < 1.29 is 0 Å². The predicted molar refractivity (Wildman–Crippen MR) is 97.0 cm³/mol. The fraction of sp³-hybridized carbons (Fsp3) is 0.400. The highest BCUT2D eigenvalue weighted by atomic mass is 15.1. The molecule has 0 saturated carbocycles. The van der Waals surface area contributed by atoms with E-state index in [-0.39, 0.29) is 0 Å². The lowest BCUT2D eigenvalue weighted by atomic mass is 9.96. The second kappa shape index (κ2) is 7.95. The summed E-state index contributed by atoms with van der Waals surface area (Å²) in [6, 6.07) is 9.82. The maximum Gasteiger partial charge on any atom is 0.0951 e. The molecular weight excluding hydrogens is 296 g/mol. The van der Waals surface area contributed by atoms with E-state index in [2.05, 4.69) is 69.6 Å². The summed E-state index contributed by atoms with van der Waals surface area (Å²) in [5.74, 6) is 0. The van der Waals surface area contributed by atoms with Crippen molar-refractivity contribution in [2.45, 2.75) is 51.6 Å². The molecule has 24 heavy (non-hydrogen) atoms. The molecule has 0 fully saturated rings. The molecule has 4 nitrogen and oxygen atoms in total. The Hall–Kier alpha value is -2.36. The van der Waals surface area contributed by atoms with Crippen LogP contribution in [-0.2, 0) is 0 Å². The van der Waals surface area contributed by atoms with E-state index in [1.165, 1.54) is 11.1 Å². The summed E-state index contributed by atoms with van der Waals surface area (Å²) < 4.78 is 4.41. The van der Waals surface area contributed by atoms with Crippen LogP contribution in [0.5, 0.6) is 0 Å². The normalized spacial score (nSPS) is 13.8. The van der Waals surface area contributed by atoms with E-state index < -0.39 is 0 Å². The Morgan fingerprint density at radius 3 is 1.46 bits per heavy atom. The molecule has 0 aliphatic rings. The molecule has 2 heterocycles. The van der Waals surface area contributed by atoms with E-state index in [4.69, 9.17) is 0 Å². The van der Waals surface area contributed by atoms with Gasteiger partial charge in [0.25, 0.3) is 0 Å². The number of hydrogen-bond acceptors (Lipinski definition) is 2. The van der Waals surface area contributed by atoms with Gasteiger partial charge in [0.15, 0.2) is 0 Å². The Kier molecular flexibility index (Phi) is 5.47. The summed E-state index contributed by atoms with van der Waals surface area (Å²) >= 11 is 0. The summed E-state index contributed by atoms with van der Waals surface area (Å²) in [4.78, 5) is 8.41. The third kappa shape index (κ3) is 3.58. The van der Waals surface area contributed by atoms with Crippen LogP contribution in [0.1, 0.15) is 62.7 Å². The van der Waals surface area contributed by atoms with Crippen molar-refractivity contribution in [2.24, 2.45) is 0 Å². The number of rotatable bonds is 8. The Morgan fingerprint density at radius 1 is 0.750 bits per heavy atom. The van der Waals surface area contributed by atoms with Gasteiger partial charge in [0, 0.05) is 24.8 Å². The summed E-state index contributed by atoms with van der Waals surface area (Å²) in [7, 11) is 0. The van der Waals surface area contributed by atoms with Crippen LogP contribution in [-0.4, -0.2) is 19.1 Å². The van der Waals surface area contributed by atoms with Gasteiger partial charge in [-0.05, 0) is 24.0 Å². The molecule has 2 atom stereocenters. The first-order valence-corrected chi connectivity index (χ1v) is 8.88. The van der Waals surface area contributed by atoms with Crippen LogP contribution in [0.15, 0.2) is 61.7 Å². The lowest BCUT2D eigenvalue weighted by molar-refractivity contribution is 0.525. The van der Waals surface area contributed by atoms with Crippen LogP contribution in [0.25, 0.3) is 0 Å². The topological polar surface area (TPSA) is 35.6 Å². The zero-order valence-corrected chi connectivity index (χ0v) is 14.5. The van der Waals surface area contributed by atoms with Crippen molar-refractivity contribution in [3.8, 4) is 0 Å². The van der Waals surface area contributed by atoms with Crippen molar-refractivity contribution in [3.63, 3.8) is 0 Å². The number of nitrogens with zero attached hydrogens (tertiary/aromatic N) is 4. The first kappa shape index (κ1) is 16.5. The smallest absolute Gasteiger partial charge is 0.0951 e. The van der Waals surface area contributed by atoms with Crippen LogP contribution in [0.3, 0.4) is 0 Å². The highest BCUT2D eigenvalue weighted by Gasteiger charge is 2.15. The molecule has 3 aromatic rings. The van der Waals surface area contributed by atoms with Crippen LogP contribution in [0.2, 0.25) is 0 Å². The minimum absolute atomic E-state index is 0.365. The van der Waals surface area contributed by atoms with Gasteiger partial charge in [-0.25, -0.2) is 9.97 Å². The molecule has 0 aliphatic heterocycles. The van der Waals surface area contributed by atoms with Gasteiger partial charge < -0.3 is 9.13 Å². The molecule has 0 amide bonds. The second-order valence-corrected chi connectivity index (χ2v) is 6.30. The first-order valence-electron chi connectivity index (χ1n) is 8.88. The molecule has 0 aliphatic carbocycles. The molecule has 3 rings (SSSR count). The Bertz CT molecular complexity index is 635. The number of imidazole rings is 2. The van der Waals surface area contributed by atoms with Crippen molar-refractivity contribution in [3.05, 3.63) is 72.8 Å². The average Bonchev–Trinajstić information content (AvgIpc) is 3.31. The Balaban J connectivity index is 1.86. The van der Waals surface area contributed by atoms with Gasteiger partial charge in [0.1, 0.15) is 0 Å². The van der Waals surface area contributed by atoms with E-state index in [0.29, 0.717) is 12.1 Å². The van der Waals surface area contributed by atoms with Crippen molar-refractivity contribution >= 4 is 0 Å². The summed E-state index contributed by atoms with van der Waals surface area (Å²) in [6.45, 7) is 4.46.